The fourth-order valence-electron chi connectivity index (χ4n) is 2.70. The monoisotopic (exact) mass is 384 g/mol. The first-order valence-corrected chi connectivity index (χ1v) is 12.7. The number of nitrogens with zero attached hydrogens (tertiary/aromatic N) is 2. The van der Waals surface area contributed by atoms with Gasteiger partial charge in [-0.2, -0.15) is 10.2 Å². The second-order valence-electron chi connectivity index (χ2n) is 7.81. The largest absolute Gasteiger partial charge is 0.282 e. The Bertz CT molecular complexity index is 1240. The minimum absolute atomic E-state index is 0.895. The summed E-state index contributed by atoms with van der Waals surface area (Å²) < 4.78 is 0. The second kappa shape index (κ2) is 7.76. The van der Waals surface area contributed by atoms with E-state index < -0.39 is 8.07 Å². The van der Waals surface area contributed by atoms with E-state index in [4.69, 9.17) is 6.42 Å². The van der Waals surface area contributed by atoms with Crippen molar-refractivity contribution in [1.29, 1.82) is 0 Å². The summed E-state index contributed by atoms with van der Waals surface area (Å²) in [5.41, 5.74) is 9.49. The molecule has 0 aliphatic rings. The molecule has 2 heterocycles. The zero-order valence-corrected chi connectivity index (χ0v) is 17.9. The van der Waals surface area contributed by atoms with Crippen LogP contribution in [0.2, 0.25) is 19.6 Å². The lowest BCUT2D eigenvalue weighted by molar-refractivity contribution is 1.07. The highest BCUT2D eigenvalue weighted by atomic mass is 28.3. The maximum Gasteiger partial charge on any atom is 0.129 e. The Kier molecular flexibility index (Phi) is 5.40. The van der Waals surface area contributed by atoms with Crippen LogP contribution in [0.25, 0.3) is 21.8 Å². The van der Waals surface area contributed by atoms with E-state index in [2.05, 4.69) is 63.5 Å². The average Bonchev–Trinajstić information content (AvgIpc) is 3.23. The Labute approximate surface area is 166 Å². The van der Waals surface area contributed by atoms with Crippen LogP contribution in [-0.2, 0) is 0 Å². The molecule has 0 atom stereocenters. The molecule has 140 valence electrons. The number of aromatic nitrogens is 4. The van der Waals surface area contributed by atoms with Crippen LogP contribution in [0.15, 0.2) is 36.4 Å². The van der Waals surface area contributed by atoms with Gasteiger partial charge in [-0.25, -0.2) is 0 Å². The van der Waals surface area contributed by atoms with Crippen LogP contribution in [0.4, 0.5) is 0 Å². The van der Waals surface area contributed by atoms with Crippen LogP contribution in [0.3, 0.4) is 0 Å². The first-order valence-electron chi connectivity index (χ1n) is 9.16. The van der Waals surface area contributed by atoms with Crippen LogP contribution < -0.4 is 0 Å². The third-order valence-electron chi connectivity index (χ3n) is 4.24. The van der Waals surface area contributed by atoms with Gasteiger partial charge in [0.15, 0.2) is 0 Å². The zero-order valence-electron chi connectivity index (χ0n) is 16.9. The molecule has 0 amide bonds. The highest BCUT2D eigenvalue weighted by Crippen LogP contribution is 2.17. The fourth-order valence-corrected chi connectivity index (χ4v) is 3.22. The Morgan fingerprint density at radius 1 is 0.821 bits per heavy atom. The number of benzene rings is 2. The summed E-state index contributed by atoms with van der Waals surface area (Å²) in [7, 11) is -1.29. The molecule has 0 fully saturated rings. The first kappa shape index (κ1) is 19.5. The van der Waals surface area contributed by atoms with E-state index in [1.54, 1.807) is 0 Å². The number of fused-ring (bicyclic) bond motifs is 2. The summed E-state index contributed by atoms with van der Waals surface area (Å²) in [5.74, 6) is 5.86. The number of rotatable bonds is 0. The van der Waals surface area contributed by atoms with Gasteiger partial charge in [-0.15, -0.1) is 12.0 Å². The molecule has 0 radical (unpaired) electrons. The van der Waals surface area contributed by atoms with Crippen LogP contribution in [0, 0.1) is 37.7 Å². The molecule has 4 nitrogen and oxygen atoms in total. The molecule has 4 aromatic rings. The van der Waals surface area contributed by atoms with Crippen molar-refractivity contribution < 1.29 is 0 Å². The van der Waals surface area contributed by atoms with E-state index in [9.17, 15) is 0 Å². The van der Waals surface area contributed by atoms with Crippen LogP contribution in [-0.4, -0.2) is 28.5 Å². The maximum atomic E-state index is 5.28. The number of hydrogen-bond acceptors (Lipinski definition) is 2. The normalized spacial score (nSPS) is 10.7. The van der Waals surface area contributed by atoms with Gasteiger partial charge in [-0.3, -0.25) is 10.2 Å². The molecule has 0 aliphatic heterocycles. The van der Waals surface area contributed by atoms with E-state index in [0.717, 1.165) is 38.9 Å². The second-order valence-corrected chi connectivity index (χ2v) is 12.6. The van der Waals surface area contributed by atoms with Gasteiger partial charge in [-0.05, 0) is 50.2 Å². The molecule has 0 bridgehead atoms. The van der Waals surface area contributed by atoms with E-state index >= 15 is 0 Å². The van der Waals surface area contributed by atoms with Gasteiger partial charge in [0, 0.05) is 33.3 Å². The molecule has 0 aliphatic carbocycles. The molecule has 2 N–H and O–H groups in total. The number of aromatic amines is 2. The Morgan fingerprint density at radius 2 is 1.32 bits per heavy atom. The van der Waals surface area contributed by atoms with Crippen molar-refractivity contribution in [2.75, 3.05) is 0 Å². The molecule has 0 spiro atoms. The predicted molar refractivity (Wildman–Crippen MR) is 120 cm³/mol. The molecule has 4 rings (SSSR count). The highest BCUT2D eigenvalue weighted by molar-refractivity contribution is 6.83. The topological polar surface area (TPSA) is 57.4 Å². The zero-order chi connectivity index (χ0) is 20.3. The maximum absolute atomic E-state index is 5.28. The lowest BCUT2D eigenvalue weighted by Gasteiger charge is -2.03. The van der Waals surface area contributed by atoms with E-state index in [0.29, 0.717) is 0 Å². The lowest BCUT2D eigenvalue weighted by Crippen LogP contribution is -2.16. The molecule has 5 heteroatoms. The van der Waals surface area contributed by atoms with Crippen LogP contribution in [0.5, 0.6) is 0 Å². The molecule has 2 aromatic heterocycles. The molecular formula is C23H24N4Si. The molecule has 0 saturated heterocycles. The molecule has 0 unspecified atom stereocenters. The fraction of sp³-hybridized carbons (Fsp3) is 0.217. The van der Waals surface area contributed by atoms with Crippen molar-refractivity contribution >= 4 is 29.9 Å². The Hall–Kier alpha value is -3.28. The van der Waals surface area contributed by atoms with Crippen molar-refractivity contribution in [3.05, 3.63) is 58.9 Å². The van der Waals surface area contributed by atoms with Crippen molar-refractivity contribution in [1.82, 2.24) is 20.4 Å². The van der Waals surface area contributed by atoms with Crippen LogP contribution >= 0.6 is 0 Å². The van der Waals surface area contributed by atoms with E-state index in [1.165, 1.54) is 5.39 Å². The van der Waals surface area contributed by atoms with Crippen molar-refractivity contribution in [3.63, 3.8) is 0 Å². The van der Waals surface area contributed by atoms with E-state index in [1.807, 2.05) is 44.2 Å². The number of terminal acetylenes is 1. The SMILES string of the molecule is C#Cc1ccc2n[nH]c(C)c2c1.Cc1[nH]nc2ccc(C#C[Si](C)(C)C)cc12. The number of H-pyrrole nitrogens is 2. The van der Waals surface area contributed by atoms with Crippen molar-refractivity contribution in [2.24, 2.45) is 0 Å². The van der Waals surface area contributed by atoms with Gasteiger partial charge in [-0.1, -0.05) is 31.5 Å². The third-order valence-corrected chi connectivity index (χ3v) is 5.11. The summed E-state index contributed by atoms with van der Waals surface area (Å²) in [6.07, 6.45) is 5.28. The van der Waals surface area contributed by atoms with Gasteiger partial charge in [0.1, 0.15) is 8.07 Å². The smallest absolute Gasteiger partial charge is 0.129 e. The van der Waals surface area contributed by atoms with Gasteiger partial charge in [0.2, 0.25) is 0 Å². The number of hydrogen-bond donors (Lipinski definition) is 2. The van der Waals surface area contributed by atoms with Crippen molar-refractivity contribution in [2.45, 2.75) is 33.5 Å². The van der Waals surface area contributed by atoms with Gasteiger partial charge in [0.25, 0.3) is 0 Å². The Balaban J connectivity index is 0.000000167. The van der Waals surface area contributed by atoms with Gasteiger partial charge in [0.05, 0.1) is 11.0 Å². The first-order chi connectivity index (χ1) is 13.3. The van der Waals surface area contributed by atoms with Gasteiger partial charge < -0.3 is 0 Å². The predicted octanol–water partition coefficient (Wildman–Crippen LogP) is 4.95. The Morgan fingerprint density at radius 3 is 1.82 bits per heavy atom. The summed E-state index contributed by atoms with van der Waals surface area (Å²) in [5, 5.41) is 16.5. The summed E-state index contributed by atoms with van der Waals surface area (Å²) in [4.78, 5) is 0. The summed E-state index contributed by atoms with van der Waals surface area (Å²) in [6.45, 7) is 10.8. The summed E-state index contributed by atoms with van der Waals surface area (Å²) in [6, 6.07) is 12.0. The molecular weight excluding hydrogens is 360 g/mol. The molecule has 2 aromatic carbocycles. The third kappa shape index (κ3) is 4.51. The highest BCUT2D eigenvalue weighted by Gasteiger charge is 2.08. The quantitative estimate of drug-likeness (QED) is 0.333. The lowest BCUT2D eigenvalue weighted by atomic mass is 10.1. The minimum atomic E-state index is -1.29. The minimum Gasteiger partial charge on any atom is -0.282 e. The van der Waals surface area contributed by atoms with E-state index in [-0.39, 0.29) is 0 Å². The van der Waals surface area contributed by atoms with Crippen molar-refractivity contribution in [3.8, 4) is 23.8 Å². The number of nitrogens with one attached hydrogen (secondary N) is 2. The van der Waals surface area contributed by atoms with Crippen LogP contribution in [0.1, 0.15) is 22.5 Å². The van der Waals surface area contributed by atoms with Gasteiger partial charge >= 0.3 is 0 Å². The standard InChI is InChI=1S/C13H16N2Si.C10H8N2/c1-10-12-9-11(7-8-16(2,3)4)5-6-13(12)15-14-10;1-3-8-4-5-10-9(6-8)7(2)11-12-10/h5-6,9H,1-4H3,(H,14,15);1,4-6H,2H3,(H,11,12). The average molecular weight is 385 g/mol. The summed E-state index contributed by atoms with van der Waals surface area (Å²) >= 11 is 0. The number of aryl methyl sites for hydroxylation is 2. The molecule has 0 saturated carbocycles. The molecule has 28 heavy (non-hydrogen) atoms.